The summed E-state index contributed by atoms with van der Waals surface area (Å²) in [5.74, 6) is -0.972. The number of carbonyl (C=O) groups is 2. The number of hydrogen-bond donors (Lipinski definition) is 2. The summed E-state index contributed by atoms with van der Waals surface area (Å²) in [7, 11) is 1.62. The lowest BCUT2D eigenvalue weighted by Gasteiger charge is -2.26. The van der Waals surface area contributed by atoms with Crippen molar-refractivity contribution in [2.75, 3.05) is 12.4 Å². The molecule has 2 aliphatic rings. The molecule has 1 heterocycles. The van der Waals surface area contributed by atoms with Crippen LogP contribution in [0.5, 0.6) is 5.75 Å². The quantitative estimate of drug-likeness (QED) is 0.838. The molecule has 6 nitrogen and oxygen atoms in total. The summed E-state index contributed by atoms with van der Waals surface area (Å²) in [6.07, 6.45) is 2.72. The van der Waals surface area contributed by atoms with Crippen LogP contribution in [0.25, 0.3) is 11.3 Å². The first-order valence-electron chi connectivity index (χ1n) is 8.70. The highest BCUT2D eigenvalue weighted by atomic mass is 32.1. The second kappa shape index (κ2) is 6.72. The van der Waals surface area contributed by atoms with Gasteiger partial charge >= 0.3 is 5.97 Å². The van der Waals surface area contributed by atoms with Crippen molar-refractivity contribution in [2.24, 2.45) is 23.7 Å². The standard InChI is InChI=1S/C19H20N2O4S/c1-25-13-6-4-10(5-7-13)14-9-26-19(20-14)21-17(22)15-11-2-3-12(8-11)16(15)18(23)24/h4-7,9,11-12,15-16H,2-3,8H2,1H3,(H,23,24)(H,20,21,22)/t11-,12-,15+,16+/m0/s1. The minimum atomic E-state index is -0.851. The van der Waals surface area contributed by atoms with E-state index in [1.54, 1.807) is 7.11 Å². The summed E-state index contributed by atoms with van der Waals surface area (Å²) in [4.78, 5) is 28.8. The maximum Gasteiger partial charge on any atom is 0.307 e. The summed E-state index contributed by atoms with van der Waals surface area (Å²) in [5, 5.41) is 14.7. The number of fused-ring (bicyclic) bond motifs is 2. The van der Waals surface area contributed by atoms with E-state index in [-0.39, 0.29) is 17.7 Å². The van der Waals surface area contributed by atoms with Gasteiger partial charge in [-0.2, -0.15) is 0 Å². The van der Waals surface area contributed by atoms with Crippen molar-refractivity contribution in [3.63, 3.8) is 0 Å². The molecule has 1 amide bonds. The second-order valence-corrected chi connectivity index (χ2v) is 7.84. The van der Waals surface area contributed by atoms with E-state index in [9.17, 15) is 14.7 Å². The van der Waals surface area contributed by atoms with Crippen LogP contribution >= 0.6 is 11.3 Å². The second-order valence-electron chi connectivity index (χ2n) is 6.98. The highest BCUT2D eigenvalue weighted by Gasteiger charge is 2.54. The van der Waals surface area contributed by atoms with Crippen LogP contribution in [0.2, 0.25) is 0 Å². The predicted molar refractivity (Wildman–Crippen MR) is 98.2 cm³/mol. The van der Waals surface area contributed by atoms with Crippen LogP contribution < -0.4 is 10.1 Å². The number of carbonyl (C=O) groups excluding carboxylic acids is 1. The van der Waals surface area contributed by atoms with E-state index in [2.05, 4.69) is 10.3 Å². The zero-order valence-electron chi connectivity index (χ0n) is 14.3. The van der Waals surface area contributed by atoms with Crippen LogP contribution in [0.15, 0.2) is 29.6 Å². The van der Waals surface area contributed by atoms with E-state index >= 15 is 0 Å². The molecule has 2 saturated carbocycles. The normalized spacial score (nSPS) is 26.7. The molecular weight excluding hydrogens is 352 g/mol. The number of amides is 1. The predicted octanol–water partition coefficient (Wildman–Crippen LogP) is 3.50. The van der Waals surface area contributed by atoms with Crippen LogP contribution in [0, 0.1) is 23.7 Å². The van der Waals surface area contributed by atoms with E-state index in [0.717, 1.165) is 36.3 Å². The van der Waals surface area contributed by atoms with E-state index < -0.39 is 17.8 Å². The Balaban J connectivity index is 1.48. The molecule has 7 heteroatoms. The molecular formula is C19H20N2O4S. The van der Waals surface area contributed by atoms with Crippen LogP contribution in [0.1, 0.15) is 19.3 Å². The van der Waals surface area contributed by atoms with Crippen LogP contribution in [-0.4, -0.2) is 29.1 Å². The molecule has 2 aromatic rings. The Kier molecular flexibility index (Phi) is 4.40. The SMILES string of the molecule is COc1ccc(-c2csc(NC(=O)[C@@H]3[C@H]4CC[C@@H](C4)[C@H]3C(=O)O)n2)cc1. The Morgan fingerprint density at radius 1 is 1.19 bits per heavy atom. The zero-order chi connectivity index (χ0) is 18.3. The molecule has 0 spiro atoms. The molecule has 136 valence electrons. The number of carboxylic acid groups (broad SMARTS) is 1. The van der Waals surface area contributed by atoms with Crippen LogP contribution in [0.3, 0.4) is 0 Å². The van der Waals surface area contributed by atoms with Crippen molar-refractivity contribution in [1.29, 1.82) is 0 Å². The van der Waals surface area contributed by atoms with E-state index in [4.69, 9.17) is 4.74 Å². The molecule has 1 aromatic carbocycles. The largest absolute Gasteiger partial charge is 0.497 e. The lowest BCUT2D eigenvalue weighted by molar-refractivity contribution is -0.148. The topological polar surface area (TPSA) is 88.5 Å². The minimum Gasteiger partial charge on any atom is -0.497 e. The monoisotopic (exact) mass is 372 g/mol. The fraction of sp³-hybridized carbons (Fsp3) is 0.421. The number of anilines is 1. The summed E-state index contributed by atoms with van der Waals surface area (Å²) >= 11 is 1.35. The molecule has 0 radical (unpaired) electrons. The first-order valence-corrected chi connectivity index (χ1v) is 9.58. The molecule has 2 aliphatic carbocycles. The third-order valence-corrected chi connectivity index (χ3v) is 6.38. The maximum atomic E-state index is 12.7. The molecule has 0 saturated heterocycles. The molecule has 4 atom stereocenters. The van der Waals surface area contributed by atoms with Crippen molar-refractivity contribution in [1.82, 2.24) is 4.98 Å². The zero-order valence-corrected chi connectivity index (χ0v) is 15.2. The van der Waals surface area contributed by atoms with E-state index in [1.807, 2.05) is 29.6 Å². The smallest absolute Gasteiger partial charge is 0.307 e. The van der Waals surface area contributed by atoms with Gasteiger partial charge < -0.3 is 15.2 Å². The average Bonchev–Trinajstić information content (AvgIpc) is 3.37. The summed E-state index contributed by atoms with van der Waals surface area (Å²) in [6.45, 7) is 0. The number of ether oxygens (including phenoxy) is 1. The lowest BCUT2D eigenvalue weighted by atomic mass is 9.79. The number of thiazole rings is 1. The number of rotatable bonds is 5. The number of benzene rings is 1. The minimum absolute atomic E-state index is 0.138. The molecule has 2 fully saturated rings. The van der Waals surface area contributed by atoms with E-state index in [0.29, 0.717) is 5.13 Å². The van der Waals surface area contributed by atoms with Gasteiger partial charge in [-0.15, -0.1) is 11.3 Å². The number of methoxy groups -OCH3 is 1. The summed E-state index contributed by atoms with van der Waals surface area (Å²) in [5.41, 5.74) is 1.71. The Labute approximate surface area is 155 Å². The third kappa shape index (κ3) is 2.96. The molecule has 26 heavy (non-hydrogen) atoms. The Bertz CT molecular complexity index is 832. The number of nitrogens with one attached hydrogen (secondary N) is 1. The number of nitrogens with zero attached hydrogens (tertiary/aromatic N) is 1. The van der Waals surface area contributed by atoms with Gasteiger partial charge in [0.05, 0.1) is 24.6 Å². The first kappa shape index (κ1) is 17.0. The molecule has 4 rings (SSSR count). The van der Waals surface area contributed by atoms with E-state index in [1.165, 1.54) is 11.3 Å². The van der Waals surface area contributed by atoms with Gasteiger partial charge in [-0.25, -0.2) is 4.98 Å². The van der Waals surface area contributed by atoms with Gasteiger partial charge in [0.15, 0.2) is 5.13 Å². The highest BCUT2D eigenvalue weighted by molar-refractivity contribution is 7.14. The maximum absolute atomic E-state index is 12.7. The van der Waals surface area contributed by atoms with Crippen molar-refractivity contribution in [3.05, 3.63) is 29.6 Å². The third-order valence-electron chi connectivity index (χ3n) is 5.62. The Morgan fingerprint density at radius 2 is 1.88 bits per heavy atom. The summed E-state index contributed by atoms with van der Waals surface area (Å²) < 4.78 is 5.15. The van der Waals surface area contributed by atoms with Gasteiger partial charge in [0.1, 0.15) is 5.75 Å². The molecule has 0 aliphatic heterocycles. The van der Waals surface area contributed by atoms with Gasteiger partial charge in [0.25, 0.3) is 0 Å². The van der Waals surface area contributed by atoms with Gasteiger partial charge in [-0.05, 0) is 55.4 Å². The fourth-order valence-electron chi connectivity index (χ4n) is 4.44. The van der Waals surface area contributed by atoms with Gasteiger partial charge in [0.2, 0.25) is 5.91 Å². The van der Waals surface area contributed by atoms with Crippen molar-refractivity contribution >= 4 is 28.3 Å². The number of hydrogen-bond acceptors (Lipinski definition) is 5. The van der Waals surface area contributed by atoms with Crippen molar-refractivity contribution in [3.8, 4) is 17.0 Å². The molecule has 1 aromatic heterocycles. The first-order chi connectivity index (χ1) is 12.6. The fourth-order valence-corrected chi connectivity index (χ4v) is 5.16. The van der Waals surface area contributed by atoms with Crippen molar-refractivity contribution in [2.45, 2.75) is 19.3 Å². The van der Waals surface area contributed by atoms with Crippen LogP contribution in [0.4, 0.5) is 5.13 Å². The Hall–Kier alpha value is -2.41. The molecule has 0 unspecified atom stereocenters. The van der Waals surface area contributed by atoms with Crippen molar-refractivity contribution < 1.29 is 19.4 Å². The number of carboxylic acids is 1. The number of aromatic nitrogens is 1. The summed E-state index contributed by atoms with van der Waals surface area (Å²) in [6, 6.07) is 7.55. The number of aliphatic carboxylic acids is 1. The van der Waals surface area contributed by atoms with Gasteiger partial charge in [-0.3, -0.25) is 9.59 Å². The molecule has 2 N–H and O–H groups in total. The molecule has 2 bridgehead atoms. The highest BCUT2D eigenvalue weighted by Crippen LogP contribution is 2.52. The lowest BCUT2D eigenvalue weighted by Crippen LogP contribution is -2.37. The van der Waals surface area contributed by atoms with Gasteiger partial charge in [0, 0.05) is 10.9 Å². The Morgan fingerprint density at radius 3 is 2.54 bits per heavy atom. The average molecular weight is 372 g/mol. The van der Waals surface area contributed by atoms with Crippen LogP contribution in [-0.2, 0) is 9.59 Å². The van der Waals surface area contributed by atoms with Gasteiger partial charge in [-0.1, -0.05) is 0 Å².